The lowest BCUT2D eigenvalue weighted by molar-refractivity contribution is 0.0436. The Hall–Kier alpha value is -1.21. The van der Waals surface area contributed by atoms with Gasteiger partial charge in [0.25, 0.3) is 0 Å². The SMILES string of the molecule is CCO[C@@H](CCO[Si](C(C)C)(C(C)C)C(C)C)c1ccc(OCc2cccc(Br)c2)nc1. The maximum atomic E-state index is 6.74. The van der Waals surface area contributed by atoms with E-state index in [1.165, 1.54) is 0 Å². The van der Waals surface area contributed by atoms with Crippen LogP contribution in [0, 0.1) is 0 Å². The van der Waals surface area contributed by atoms with E-state index in [-0.39, 0.29) is 6.10 Å². The number of hydrogen-bond donors (Lipinski definition) is 0. The van der Waals surface area contributed by atoms with Crippen molar-refractivity contribution in [3.8, 4) is 5.88 Å². The Balaban J connectivity index is 2.00. The third-order valence-corrected chi connectivity index (χ3v) is 12.8. The molecule has 0 spiro atoms. The van der Waals surface area contributed by atoms with Gasteiger partial charge in [-0.25, -0.2) is 4.98 Å². The molecule has 0 aliphatic heterocycles. The van der Waals surface area contributed by atoms with Gasteiger partial charge in [0.1, 0.15) is 6.61 Å². The van der Waals surface area contributed by atoms with Gasteiger partial charge in [0.15, 0.2) is 8.32 Å². The number of benzene rings is 1. The molecule has 1 heterocycles. The summed E-state index contributed by atoms with van der Waals surface area (Å²) in [6.07, 6.45) is 2.67. The van der Waals surface area contributed by atoms with E-state index in [0.29, 0.717) is 42.3 Å². The fourth-order valence-corrected chi connectivity index (χ4v) is 10.8. The van der Waals surface area contributed by atoms with Crippen molar-refractivity contribution in [1.82, 2.24) is 4.98 Å². The first kappa shape index (κ1) is 27.0. The van der Waals surface area contributed by atoms with E-state index in [2.05, 4.69) is 68.5 Å². The number of ether oxygens (including phenoxy) is 2. The molecule has 178 valence electrons. The highest BCUT2D eigenvalue weighted by Crippen LogP contribution is 2.42. The van der Waals surface area contributed by atoms with Gasteiger partial charge in [0.2, 0.25) is 5.88 Å². The van der Waals surface area contributed by atoms with E-state index in [1.54, 1.807) is 0 Å². The molecule has 1 aromatic heterocycles. The molecule has 1 aromatic carbocycles. The molecule has 4 nitrogen and oxygen atoms in total. The number of rotatable bonds is 13. The van der Waals surface area contributed by atoms with Crippen LogP contribution in [0.4, 0.5) is 0 Å². The molecule has 0 saturated heterocycles. The molecule has 0 amide bonds. The van der Waals surface area contributed by atoms with Crippen molar-refractivity contribution in [2.45, 2.75) is 84.2 Å². The molecule has 0 fully saturated rings. The Labute approximate surface area is 204 Å². The van der Waals surface area contributed by atoms with Gasteiger partial charge in [-0.3, -0.25) is 0 Å². The van der Waals surface area contributed by atoms with Crippen LogP contribution in [0.5, 0.6) is 5.88 Å². The zero-order valence-corrected chi connectivity index (χ0v) is 23.3. The monoisotopic (exact) mass is 521 g/mol. The maximum Gasteiger partial charge on any atom is 0.213 e. The van der Waals surface area contributed by atoms with Gasteiger partial charge in [-0.2, -0.15) is 0 Å². The molecule has 0 unspecified atom stereocenters. The van der Waals surface area contributed by atoms with Gasteiger partial charge in [-0.15, -0.1) is 0 Å². The first-order chi connectivity index (χ1) is 15.2. The topological polar surface area (TPSA) is 40.6 Å². The Kier molecular flexibility index (Phi) is 10.9. The third-order valence-electron chi connectivity index (χ3n) is 6.21. The number of pyridine rings is 1. The van der Waals surface area contributed by atoms with E-state index in [4.69, 9.17) is 13.9 Å². The van der Waals surface area contributed by atoms with Gasteiger partial charge in [0, 0.05) is 29.9 Å². The van der Waals surface area contributed by atoms with Gasteiger partial charge in [0.05, 0.1) is 6.10 Å². The maximum absolute atomic E-state index is 6.74. The fraction of sp³-hybridized carbons (Fsp3) is 0.577. The van der Waals surface area contributed by atoms with Crippen LogP contribution in [0.2, 0.25) is 16.6 Å². The van der Waals surface area contributed by atoms with E-state index >= 15 is 0 Å². The van der Waals surface area contributed by atoms with Crippen molar-refractivity contribution in [1.29, 1.82) is 0 Å². The van der Waals surface area contributed by atoms with Crippen LogP contribution in [-0.2, 0) is 15.8 Å². The minimum atomic E-state index is -1.87. The summed E-state index contributed by atoms with van der Waals surface area (Å²) < 4.78 is 19.7. The smallest absolute Gasteiger partial charge is 0.213 e. The Morgan fingerprint density at radius 2 is 1.66 bits per heavy atom. The molecule has 6 heteroatoms. The van der Waals surface area contributed by atoms with Crippen molar-refractivity contribution < 1.29 is 13.9 Å². The van der Waals surface area contributed by atoms with Gasteiger partial charge in [-0.05, 0) is 59.3 Å². The molecule has 2 rings (SSSR count). The van der Waals surface area contributed by atoms with Crippen LogP contribution < -0.4 is 4.74 Å². The lowest BCUT2D eigenvalue weighted by atomic mass is 10.1. The predicted molar refractivity (Wildman–Crippen MR) is 139 cm³/mol. The van der Waals surface area contributed by atoms with Gasteiger partial charge < -0.3 is 13.9 Å². The third kappa shape index (κ3) is 7.14. The Morgan fingerprint density at radius 1 is 0.969 bits per heavy atom. The summed E-state index contributed by atoms with van der Waals surface area (Å²) in [5.41, 5.74) is 3.91. The minimum Gasteiger partial charge on any atom is -0.473 e. The lowest BCUT2D eigenvalue weighted by Crippen LogP contribution is -2.48. The fourth-order valence-electron chi connectivity index (χ4n) is 4.84. The summed E-state index contributed by atoms with van der Waals surface area (Å²) in [4.78, 5) is 4.51. The summed E-state index contributed by atoms with van der Waals surface area (Å²) in [5, 5.41) is 0. The van der Waals surface area contributed by atoms with E-state index in [0.717, 1.165) is 22.0 Å². The summed E-state index contributed by atoms with van der Waals surface area (Å²) >= 11 is 3.49. The van der Waals surface area contributed by atoms with Crippen molar-refractivity contribution in [2.24, 2.45) is 0 Å². The minimum absolute atomic E-state index is 0.0233. The van der Waals surface area contributed by atoms with Crippen molar-refractivity contribution >= 4 is 24.2 Å². The number of hydrogen-bond acceptors (Lipinski definition) is 4. The van der Waals surface area contributed by atoms with Gasteiger partial charge in [-0.1, -0.05) is 69.6 Å². The zero-order valence-electron chi connectivity index (χ0n) is 20.7. The molecule has 0 aliphatic carbocycles. The van der Waals surface area contributed by atoms with Crippen molar-refractivity contribution in [3.63, 3.8) is 0 Å². The first-order valence-corrected chi connectivity index (χ1v) is 14.7. The molecular formula is C26H40BrNO3Si. The molecule has 1 atom stereocenters. The van der Waals surface area contributed by atoms with Crippen LogP contribution >= 0.6 is 15.9 Å². The molecule has 0 radical (unpaired) electrons. The average molecular weight is 523 g/mol. The number of halogens is 1. The second-order valence-corrected chi connectivity index (χ2v) is 15.6. The van der Waals surface area contributed by atoms with Crippen LogP contribution in [0.15, 0.2) is 47.1 Å². The largest absolute Gasteiger partial charge is 0.473 e. The van der Waals surface area contributed by atoms with Crippen molar-refractivity contribution in [3.05, 3.63) is 58.2 Å². The van der Waals surface area contributed by atoms with Crippen molar-refractivity contribution in [2.75, 3.05) is 13.2 Å². The van der Waals surface area contributed by atoms with E-state index in [9.17, 15) is 0 Å². The Morgan fingerprint density at radius 3 is 2.19 bits per heavy atom. The van der Waals surface area contributed by atoms with E-state index in [1.807, 2.05) is 43.5 Å². The molecule has 0 bridgehead atoms. The zero-order chi connectivity index (χ0) is 23.7. The second-order valence-electron chi connectivity index (χ2n) is 9.25. The predicted octanol–water partition coefficient (Wildman–Crippen LogP) is 8.08. The normalized spacial score (nSPS) is 13.2. The molecule has 32 heavy (non-hydrogen) atoms. The lowest BCUT2D eigenvalue weighted by Gasteiger charge is -2.42. The first-order valence-electron chi connectivity index (χ1n) is 11.8. The van der Waals surface area contributed by atoms with Crippen LogP contribution in [-0.4, -0.2) is 26.5 Å². The molecule has 0 aliphatic rings. The quantitative estimate of drug-likeness (QED) is 0.249. The molecule has 0 saturated carbocycles. The number of nitrogens with zero attached hydrogens (tertiary/aromatic N) is 1. The average Bonchev–Trinajstić information content (AvgIpc) is 2.74. The van der Waals surface area contributed by atoms with E-state index < -0.39 is 8.32 Å². The van der Waals surface area contributed by atoms with Gasteiger partial charge >= 0.3 is 0 Å². The summed E-state index contributed by atoms with van der Waals surface area (Å²) in [5.74, 6) is 0.617. The number of aromatic nitrogens is 1. The molecular weight excluding hydrogens is 482 g/mol. The molecule has 2 aromatic rings. The van der Waals surface area contributed by atoms with Crippen LogP contribution in [0.25, 0.3) is 0 Å². The second kappa shape index (κ2) is 12.9. The highest BCUT2D eigenvalue weighted by molar-refractivity contribution is 9.10. The highest BCUT2D eigenvalue weighted by Gasteiger charge is 2.44. The van der Waals surface area contributed by atoms with Crippen LogP contribution in [0.1, 0.15) is 72.1 Å². The highest BCUT2D eigenvalue weighted by atomic mass is 79.9. The summed E-state index contributed by atoms with van der Waals surface area (Å²) in [7, 11) is -1.87. The summed E-state index contributed by atoms with van der Waals surface area (Å²) in [6, 6.07) is 12.1. The standard InChI is InChI=1S/C26H40BrNO3Si/c1-8-29-25(14-15-31-32(19(2)3,20(4)5)21(6)7)23-12-13-26(28-17-23)30-18-22-10-9-11-24(27)16-22/h9-13,16-17,19-21,25H,8,14-15,18H2,1-7H3/t25-/m0/s1. The summed E-state index contributed by atoms with van der Waals surface area (Å²) in [6.45, 7) is 17.8. The molecule has 0 N–H and O–H groups in total. The van der Waals surface area contributed by atoms with Crippen LogP contribution in [0.3, 0.4) is 0 Å². The Bertz CT molecular complexity index is 789.